The highest BCUT2D eigenvalue weighted by atomic mass is 16.5. The summed E-state index contributed by atoms with van der Waals surface area (Å²) in [6.45, 7) is 5.11. The summed E-state index contributed by atoms with van der Waals surface area (Å²) < 4.78 is 11.0. The third-order valence-electron chi connectivity index (χ3n) is 2.17. The zero-order valence-corrected chi connectivity index (χ0v) is 9.43. The average molecular weight is 218 g/mol. The summed E-state index contributed by atoms with van der Waals surface area (Å²) >= 11 is 0. The predicted molar refractivity (Wildman–Crippen MR) is 61.9 cm³/mol. The molecular formula is C12H14N2O2. The monoisotopic (exact) mass is 218 g/mol. The number of fused-ring (bicyclic) bond motifs is 1. The maximum absolute atomic E-state index is 5.52. The summed E-state index contributed by atoms with van der Waals surface area (Å²) in [5.41, 5.74) is 0.863. The lowest BCUT2D eigenvalue weighted by atomic mass is 10.2. The minimum Gasteiger partial charge on any atom is -0.490 e. The first-order chi connectivity index (χ1) is 7.85. The van der Waals surface area contributed by atoms with Crippen molar-refractivity contribution in [1.82, 2.24) is 9.97 Å². The van der Waals surface area contributed by atoms with Crippen LogP contribution < -0.4 is 9.47 Å². The zero-order valence-electron chi connectivity index (χ0n) is 9.43. The van der Waals surface area contributed by atoms with Crippen molar-refractivity contribution in [2.75, 3.05) is 13.2 Å². The number of hydrogen-bond donors (Lipinski definition) is 0. The van der Waals surface area contributed by atoms with Crippen LogP contribution in [0.25, 0.3) is 10.9 Å². The minimum absolute atomic E-state index is 0.608. The number of rotatable bonds is 4. The fourth-order valence-electron chi connectivity index (χ4n) is 1.53. The third kappa shape index (κ3) is 2.05. The van der Waals surface area contributed by atoms with E-state index in [0.717, 1.165) is 22.4 Å². The van der Waals surface area contributed by atoms with Gasteiger partial charge in [0.1, 0.15) is 6.33 Å². The highest BCUT2D eigenvalue weighted by Crippen LogP contribution is 2.31. The molecule has 0 atom stereocenters. The Kier molecular flexibility index (Phi) is 3.19. The molecule has 0 N–H and O–H groups in total. The Labute approximate surface area is 94.2 Å². The van der Waals surface area contributed by atoms with E-state index in [2.05, 4.69) is 9.97 Å². The Morgan fingerprint density at radius 1 is 1.06 bits per heavy atom. The molecule has 2 aromatic rings. The van der Waals surface area contributed by atoms with E-state index < -0.39 is 0 Å². The average Bonchev–Trinajstić information content (AvgIpc) is 2.30. The number of nitrogens with zero attached hydrogens (tertiary/aromatic N) is 2. The Bertz CT molecular complexity index is 441. The normalized spacial score (nSPS) is 10.4. The van der Waals surface area contributed by atoms with E-state index in [9.17, 15) is 0 Å². The summed E-state index contributed by atoms with van der Waals surface area (Å²) in [7, 11) is 0. The quantitative estimate of drug-likeness (QED) is 0.790. The molecule has 4 heteroatoms. The molecule has 0 fully saturated rings. The fraction of sp³-hybridized carbons (Fsp3) is 0.333. The molecule has 2 rings (SSSR count). The SMILES string of the molecule is CCOc1cc2cncnc2cc1OCC. The maximum Gasteiger partial charge on any atom is 0.163 e. The molecule has 0 bridgehead atoms. The van der Waals surface area contributed by atoms with Gasteiger partial charge < -0.3 is 9.47 Å². The molecule has 1 heterocycles. The Morgan fingerprint density at radius 3 is 2.44 bits per heavy atom. The van der Waals surface area contributed by atoms with Crippen molar-refractivity contribution in [3.8, 4) is 11.5 Å². The molecule has 0 spiro atoms. The predicted octanol–water partition coefficient (Wildman–Crippen LogP) is 2.43. The summed E-state index contributed by atoms with van der Waals surface area (Å²) in [5.74, 6) is 1.47. The number of benzene rings is 1. The molecule has 0 saturated heterocycles. The number of ether oxygens (including phenoxy) is 2. The lowest BCUT2D eigenvalue weighted by Gasteiger charge is -2.11. The van der Waals surface area contributed by atoms with Gasteiger partial charge in [-0.15, -0.1) is 0 Å². The van der Waals surface area contributed by atoms with Gasteiger partial charge in [-0.3, -0.25) is 0 Å². The molecule has 0 radical (unpaired) electrons. The molecule has 84 valence electrons. The van der Waals surface area contributed by atoms with Gasteiger partial charge in [0.25, 0.3) is 0 Å². The Balaban J connectivity index is 2.51. The van der Waals surface area contributed by atoms with Gasteiger partial charge >= 0.3 is 0 Å². The third-order valence-corrected chi connectivity index (χ3v) is 2.17. The molecule has 16 heavy (non-hydrogen) atoms. The van der Waals surface area contributed by atoms with Gasteiger partial charge in [-0.25, -0.2) is 9.97 Å². The summed E-state index contributed by atoms with van der Waals surface area (Å²) in [6.07, 6.45) is 3.29. The maximum atomic E-state index is 5.52. The van der Waals surface area contributed by atoms with Gasteiger partial charge in [0.05, 0.1) is 18.7 Å². The smallest absolute Gasteiger partial charge is 0.163 e. The second-order valence-corrected chi connectivity index (χ2v) is 3.25. The number of hydrogen-bond acceptors (Lipinski definition) is 4. The minimum atomic E-state index is 0.608. The standard InChI is InChI=1S/C12H14N2O2/c1-3-15-11-5-9-7-13-8-14-10(9)6-12(11)16-4-2/h5-8H,3-4H2,1-2H3. The van der Waals surface area contributed by atoms with E-state index in [1.165, 1.54) is 6.33 Å². The van der Waals surface area contributed by atoms with Crippen LogP contribution in [-0.2, 0) is 0 Å². The molecule has 0 saturated carbocycles. The van der Waals surface area contributed by atoms with Crippen molar-refractivity contribution in [3.63, 3.8) is 0 Å². The van der Waals surface area contributed by atoms with Crippen molar-refractivity contribution in [1.29, 1.82) is 0 Å². The van der Waals surface area contributed by atoms with Crippen molar-refractivity contribution in [3.05, 3.63) is 24.7 Å². The van der Waals surface area contributed by atoms with Crippen LogP contribution in [0.3, 0.4) is 0 Å². The lowest BCUT2D eigenvalue weighted by molar-refractivity contribution is 0.288. The van der Waals surface area contributed by atoms with Crippen LogP contribution in [-0.4, -0.2) is 23.2 Å². The topological polar surface area (TPSA) is 44.2 Å². The van der Waals surface area contributed by atoms with Crippen molar-refractivity contribution < 1.29 is 9.47 Å². The van der Waals surface area contributed by atoms with Crippen LogP contribution in [0.4, 0.5) is 0 Å². The molecule has 0 aliphatic carbocycles. The Morgan fingerprint density at radius 2 is 1.75 bits per heavy atom. The van der Waals surface area contributed by atoms with Crippen molar-refractivity contribution >= 4 is 10.9 Å². The second kappa shape index (κ2) is 4.79. The summed E-state index contributed by atoms with van der Waals surface area (Å²) in [4.78, 5) is 8.16. The van der Waals surface area contributed by atoms with E-state index in [1.807, 2.05) is 26.0 Å². The summed E-state index contributed by atoms with van der Waals surface area (Å²) in [6, 6.07) is 3.79. The van der Waals surface area contributed by atoms with Gasteiger partial charge in [0, 0.05) is 17.6 Å². The van der Waals surface area contributed by atoms with Gasteiger partial charge in [0.2, 0.25) is 0 Å². The fourth-order valence-corrected chi connectivity index (χ4v) is 1.53. The first-order valence-electron chi connectivity index (χ1n) is 5.34. The highest BCUT2D eigenvalue weighted by Gasteiger charge is 2.07. The van der Waals surface area contributed by atoms with Gasteiger partial charge in [0.15, 0.2) is 11.5 Å². The molecule has 1 aromatic heterocycles. The van der Waals surface area contributed by atoms with E-state index >= 15 is 0 Å². The molecule has 0 amide bonds. The van der Waals surface area contributed by atoms with E-state index in [4.69, 9.17) is 9.47 Å². The second-order valence-electron chi connectivity index (χ2n) is 3.25. The molecule has 4 nitrogen and oxygen atoms in total. The van der Waals surface area contributed by atoms with Crippen LogP contribution in [0, 0.1) is 0 Å². The lowest BCUT2D eigenvalue weighted by Crippen LogP contribution is -1.98. The summed E-state index contributed by atoms with van der Waals surface area (Å²) in [5, 5.41) is 0.953. The largest absolute Gasteiger partial charge is 0.490 e. The molecule has 0 aliphatic rings. The molecular weight excluding hydrogens is 204 g/mol. The first-order valence-corrected chi connectivity index (χ1v) is 5.34. The van der Waals surface area contributed by atoms with E-state index in [-0.39, 0.29) is 0 Å². The number of aromatic nitrogens is 2. The van der Waals surface area contributed by atoms with Crippen molar-refractivity contribution in [2.24, 2.45) is 0 Å². The van der Waals surface area contributed by atoms with Gasteiger partial charge in [-0.05, 0) is 19.9 Å². The van der Waals surface area contributed by atoms with Gasteiger partial charge in [-0.1, -0.05) is 0 Å². The van der Waals surface area contributed by atoms with Crippen LogP contribution in [0.1, 0.15) is 13.8 Å². The molecule has 0 unspecified atom stereocenters. The van der Waals surface area contributed by atoms with Crippen molar-refractivity contribution in [2.45, 2.75) is 13.8 Å². The van der Waals surface area contributed by atoms with Crippen LogP contribution >= 0.6 is 0 Å². The first kappa shape index (κ1) is 10.7. The van der Waals surface area contributed by atoms with Gasteiger partial charge in [-0.2, -0.15) is 0 Å². The van der Waals surface area contributed by atoms with Crippen LogP contribution in [0.5, 0.6) is 11.5 Å². The molecule has 0 aliphatic heterocycles. The van der Waals surface area contributed by atoms with E-state index in [0.29, 0.717) is 13.2 Å². The van der Waals surface area contributed by atoms with Crippen LogP contribution in [0.15, 0.2) is 24.7 Å². The van der Waals surface area contributed by atoms with Crippen LogP contribution in [0.2, 0.25) is 0 Å². The molecule has 1 aromatic carbocycles. The Hall–Kier alpha value is -1.84. The highest BCUT2D eigenvalue weighted by molar-refractivity contribution is 5.81. The van der Waals surface area contributed by atoms with E-state index in [1.54, 1.807) is 6.20 Å². The zero-order chi connectivity index (χ0) is 11.4.